The van der Waals surface area contributed by atoms with Crippen molar-refractivity contribution in [2.45, 2.75) is 58.3 Å². The van der Waals surface area contributed by atoms with Crippen LogP contribution in [-0.4, -0.2) is 60.1 Å². The van der Waals surface area contributed by atoms with Gasteiger partial charge in [-0.05, 0) is 63.9 Å². The highest BCUT2D eigenvalue weighted by atomic mass is 19.1. The van der Waals surface area contributed by atoms with Crippen LogP contribution in [0.5, 0.6) is 5.88 Å². The van der Waals surface area contributed by atoms with E-state index in [1.54, 1.807) is 46.0 Å². The number of allylic oxidation sites excluding steroid dienone is 1. The number of likely N-dealkylation sites (tertiary alicyclic amines) is 1. The zero-order chi connectivity index (χ0) is 29.9. The molecule has 1 aliphatic heterocycles. The molecule has 4 heterocycles. The molecule has 0 aliphatic carbocycles. The van der Waals surface area contributed by atoms with Crippen LogP contribution in [0.15, 0.2) is 66.1 Å². The molecule has 42 heavy (non-hydrogen) atoms. The number of aromatic nitrogens is 5. The second kappa shape index (κ2) is 12.0. The SMILES string of the molecule is C=CCn1c(=O)c2cnc(Nc3ccc(F)cc3)nc2n1-c1cccc(OC2CCCN(C(=O)OC(C)(C)C)CC2)n1. The fourth-order valence-electron chi connectivity index (χ4n) is 4.72. The van der Waals surface area contributed by atoms with E-state index in [0.29, 0.717) is 47.9 Å². The molecule has 5 rings (SSSR count). The Morgan fingerprint density at radius 1 is 1.14 bits per heavy atom. The molecule has 4 aromatic rings. The number of rotatable bonds is 7. The van der Waals surface area contributed by atoms with Gasteiger partial charge in [-0.1, -0.05) is 12.1 Å². The fraction of sp³-hybridized carbons (Fsp3) is 0.367. The van der Waals surface area contributed by atoms with Crippen molar-refractivity contribution in [2.75, 3.05) is 18.4 Å². The summed E-state index contributed by atoms with van der Waals surface area (Å²) in [4.78, 5) is 41.2. The molecular formula is C30H34FN7O4. The Bertz CT molecular complexity index is 1640. The maximum Gasteiger partial charge on any atom is 0.410 e. The van der Waals surface area contributed by atoms with Crippen molar-refractivity contribution in [2.24, 2.45) is 0 Å². The number of ether oxygens (including phenoxy) is 2. The van der Waals surface area contributed by atoms with Gasteiger partial charge >= 0.3 is 6.09 Å². The molecular weight excluding hydrogens is 541 g/mol. The van der Waals surface area contributed by atoms with Crippen molar-refractivity contribution in [1.82, 2.24) is 29.2 Å². The van der Waals surface area contributed by atoms with Gasteiger partial charge in [-0.15, -0.1) is 6.58 Å². The lowest BCUT2D eigenvalue weighted by Gasteiger charge is -2.26. The number of fused-ring (bicyclic) bond motifs is 1. The summed E-state index contributed by atoms with van der Waals surface area (Å²) in [7, 11) is 0. The van der Waals surface area contributed by atoms with Gasteiger partial charge in [0.05, 0.1) is 6.54 Å². The number of anilines is 2. The first-order valence-corrected chi connectivity index (χ1v) is 13.9. The molecule has 3 aromatic heterocycles. The number of nitrogens with zero attached hydrogens (tertiary/aromatic N) is 6. The zero-order valence-corrected chi connectivity index (χ0v) is 23.9. The molecule has 1 amide bonds. The van der Waals surface area contributed by atoms with Crippen LogP contribution < -0.4 is 15.6 Å². The van der Waals surface area contributed by atoms with Crippen LogP contribution >= 0.6 is 0 Å². The minimum Gasteiger partial charge on any atom is -0.474 e. The quantitative estimate of drug-likeness (QED) is 0.299. The number of carbonyl (C=O) groups excluding carboxylic acids is 1. The van der Waals surface area contributed by atoms with Gasteiger partial charge in [-0.3, -0.25) is 4.79 Å². The third-order valence-corrected chi connectivity index (χ3v) is 6.62. The molecule has 0 bridgehead atoms. The van der Waals surface area contributed by atoms with E-state index in [0.717, 1.165) is 12.8 Å². The van der Waals surface area contributed by atoms with Crippen LogP contribution in [-0.2, 0) is 11.3 Å². The largest absolute Gasteiger partial charge is 0.474 e. The van der Waals surface area contributed by atoms with Gasteiger partial charge in [-0.25, -0.2) is 23.5 Å². The summed E-state index contributed by atoms with van der Waals surface area (Å²) < 4.78 is 28.2. The summed E-state index contributed by atoms with van der Waals surface area (Å²) in [5, 5.41) is 3.35. The van der Waals surface area contributed by atoms with Crippen molar-refractivity contribution >= 4 is 28.8 Å². The average molecular weight is 576 g/mol. The van der Waals surface area contributed by atoms with Crippen molar-refractivity contribution in [3.8, 4) is 11.7 Å². The Morgan fingerprint density at radius 2 is 1.93 bits per heavy atom. The number of nitrogens with one attached hydrogen (secondary N) is 1. The minimum absolute atomic E-state index is 0.147. The lowest BCUT2D eigenvalue weighted by molar-refractivity contribution is 0.0252. The van der Waals surface area contributed by atoms with E-state index < -0.39 is 5.60 Å². The first-order valence-electron chi connectivity index (χ1n) is 13.9. The molecule has 1 atom stereocenters. The summed E-state index contributed by atoms with van der Waals surface area (Å²) in [5.41, 5.74) is 0.0878. The number of amides is 1. The molecule has 0 saturated carbocycles. The first-order chi connectivity index (χ1) is 20.1. The maximum atomic E-state index is 13.4. The topological polar surface area (TPSA) is 116 Å². The van der Waals surface area contributed by atoms with Gasteiger partial charge in [0.2, 0.25) is 11.8 Å². The highest BCUT2D eigenvalue weighted by Gasteiger charge is 2.26. The molecule has 1 N–H and O–H groups in total. The van der Waals surface area contributed by atoms with Crippen molar-refractivity contribution in [3.05, 3.63) is 77.5 Å². The van der Waals surface area contributed by atoms with Crippen molar-refractivity contribution in [3.63, 3.8) is 0 Å². The zero-order valence-electron chi connectivity index (χ0n) is 23.9. The second-order valence-corrected chi connectivity index (χ2v) is 11.0. The highest BCUT2D eigenvalue weighted by Crippen LogP contribution is 2.23. The predicted octanol–water partition coefficient (Wildman–Crippen LogP) is 5.21. The Morgan fingerprint density at radius 3 is 2.67 bits per heavy atom. The van der Waals surface area contributed by atoms with Crippen LogP contribution in [0.4, 0.5) is 20.8 Å². The van der Waals surface area contributed by atoms with Crippen LogP contribution in [0.2, 0.25) is 0 Å². The second-order valence-electron chi connectivity index (χ2n) is 11.0. The molecule has 0 spiro atoms. The van der Waals surface area contributed by atoms with E-state index in [4.69, 9.17) is 14.5 Å². The number of pyridine rings is 1. The van der Waals surface area contributed by atoms with E-state index in [1.165, 1.54) is 23.0 Å². The number of hydrogen-bond donors (Lipinski definition) is 1. The van der Waals surface area contributed by atoms with E-state index in [9.17, 15) is 14.0 Å². The average Bonchev–Trinajstić information content (AvgIpc) is 3.06. The van der Waals surface area contributed by atoms with Gasteiger partial charge in [0.15, 0.2) is 11.5 Å². The van der Waals surface area contributed by atoms with Crippen molar-refractivity contribution in [1.29, 1.82) is 0 Å². The van der Waals surface area contributed by atoms with Gasteiger partial charge in [-0.2, -0.15) is 9.97 Å². The van der Waals surface area contributed by atoms with Crippen LogP contribution in [0.25, 0.3) is 16.9 Å². The molecule has 1 unspecified atom stereocenters. The van der Waals surface area contributed by atoms with Gasteiger partial charge < -0.3 is 19.7 Å². The standard InChI is InChI=1S/C30H34FN7O4/c1-5-16-37-27(39)23-19-32-28(33-21-13-11-20(31)12-14-21)35-26(23)38(37)24-9-6-10-25(34-24)41-22-8-7-17-36(18-15-22)29(40)42-30(2,3)4/h5-6,9-14,19,22H,1,7-8,15-18H2,2-4H3,(H,32,33,35). The summed E-state index contributed by atoms with van der Waals surface area (Å²) >= 11 is 0. The molecule has 12 heteroatoms. The summed E-state index contributed by atoms with van der Waals surface area (Å²) in [6, 6.07) is 11.1. The third kappa shape index (κ3) is 6.59. The molecule has 1 aliphatic rings. The Hall–Kier alpha value is -4.74. The molecule has 220 valence electrons. The lowest BCUT2D eigenvalue weighted by Crippen LogP contribution is -2.37. The Kier molecular flexibility index (Phi) is 8.23. The molecule has 1 fully saturated rings. The van der Waals surface area contributed by atoms with Crippen molar-refractivity contribution < 1.29 is 18.7 Å². The summed E-state index contributed by atoms with van der Waals surface area (Å²) in [6.07, 6.45) is 4.75. The minimum atomic E-state index is -0.554. The normalized spacial score (nSPS) is 15.7. The van der Waals surface area contributed by atoms with E-state index in [-0.39, 0.29) is 36.1 Å². The predicted molar refractivity (Wildman–Crippen MR) is 157 cm³/mol. The number of hydrogen-bond acceptors (Lipinski definition) is 8. The highest BCUT2D eigenvalue weighted by molar-refractivity contribution is 5.77. The maximum absolute atomic E-state index is 13.4. The Balaban J connectivity index is 1.41. The monoisotopic (exact) mass is 575 g/mol. The van der Waals surface area contributed by atoms with E-state index >= 15 is 0 Å². The first kappa shape index (κ1) is 28.8. The van der Waals surface area contributed by atoms with Crippen LogP contribution in [0.1, 0.15) is 40.0 Å². The van der Waals surface area contributed by atoms with Gasteiger partial charge in [0, 0.05) is 37.5 Å². The smallest absolute Gasteiger partial charge is 0.410 e. The fourth-order valence-corrected chi connectivity index (χ4v) is 4.72. The van der Waals surface area contributed by atoms with E-state index in [1.807, 2.05) is 20.8 Å². The molecule has 1 aromatic carbocycles. The number of halogens is 1. The molecule has 1 saturated heterocycles. The van der Waals surface area contributed by atoms with E-state index in [2.05, 4.69) is 21.9 Å². The molecule has 11 nitrogen and oxygen atoms in total. The third-order valence-electron chi connectivity index (χ3n) is 6.62. The van der Waals surface area contributed by atoms with Gasteiger partial charge in [0.1, 0.15) is 22.9 Å². The number of benzene rings is 1. The number of carbonyl (C=O) groups is 1. The lowest BCUT2D eigenvalue weighted by atomic mass is 10.2. The summed E-state index contributed by atoms with van der Waals surface area (Å²) in [5.74, 6) is 0.696. The Labute approximate surface area is 242 Å². The van der Waals surface area contributed by atoms with Crippen LogP contribution in [0, 0.1) is 5.82 Å². The van der Waals surface area contributed by atoms with Crippen LogP contribution in [0.3, 0.4) is 0 Å². The molecule has 0 radical (unpaired) electrons. The summed E-state index contributed by atoms with van der Waals surface area (Å²) in [6.45, 7) is 10.7. The van der Waals surface area contributed by atoms with Gasteiger partial charge in [0.25, 0.3) is 5.56 Å².